The minimum atomic E-state index is -0.857. The number of anilines is 3. The number of aromatic nitrogens is 2. The number of hydrogen-bond donors (Lipinski definition) is 2. The van der Waals surface area contributed by atoms with Gasteiger partial charge in [0.25, 0.3) is 0 Å². The maximum absolute atomic E-state index is 11.7. The highest BCUT2D eigenvalue weighted by atomic mass is 35.5. The van der Waals surface area contributed by atoms with E-state index in [1.807, 2.05) is 0 Å². The van der Waals surface area contributed by atoms with E-state index in [1.165, 1.54) is 6.33 Å². The molecule has 1 fully saturated rings. The van der Waals surface area contributed by atoms with E-state index >= 15 is 0 Å². The van der Waals surface area contributed by atoms with Gasteiger partial charge in [-0.05, 0) is 25.0 Å². The van der Waals surface area contributed by atoms with Gasteiger partial charge >= 0.3 is 11.7 Å². The summed E-state index contributed by atoms with van der Waals surface area (Å²) in [5.41, 5.74) is 0.0730. The van der Waals surface area contributed by atoms with Crippen molar-refractivity contribution in [3.05, 3.63) is 44.7 Å². The molecule has 0 aliphatic carbocycles. The third-order valence-corrected chi connectivity index (χ3v) is 5.15. The average molecular weight is 412 g/mol. The number of nitrogens with one attached hydrogen (secondary N) is 1. The smallest absolute Gasteiger partial charge is 0.353 e. The first-order valence-electron chi connectivity index (χ1n) is 8.06. The zero-order chi connectivity index (χ0) is 19.6. The van der Waals surface area contributed by atoms with Gasteiger partial charge in [-0.3, -0.25) is 14.9 Å². The zero-order valence-corrected chi connectivity index (χ0v) is 15.4. The summed E-state index contributed by atoms with van der Waals surface area (Å²) >= 11 is 12.1. The van der Waals surface area contributed by atoms with Crippen LogP contribution < -0.4 is 10.2 Å². The van der Waals surface area contributed by atoms with Crippen LogP contribution in [0.1, 0.15) is 12.8 Å². The number of nitro groups is 1. The molecule has 1 aromatic carbocycles. The van der Waals surface area contributed by atoms with Crippen molar-refractivity contribution in [1.82, 2.24) is 9.97 Å². The Morgan fingerprint density at radius 2 is 2.00 bits per heavy atom. The molecule has 3 rings (SSSR count). The van der Waals surface area contributed by atoms with Gasteiger partial charge in [-0.15, -0.1) is 0 Å². The van der Waals surface area contributed by atoms with Crippen molar-refractivity contribution in [1.29, 1.82) is 0 Å². The molecular formula is C16H15Cl2N5O4. The third-order valence-electron chi connectivity index (χ3n) is 4.33. The minimum Gasteiger partial charge on any atom is -0.481 e. The Bertz CT molecular complexity index is 887. The Morgan fingerprint density at radius 3 is 2.63 bits per heavy atom. The molecule has 9 nitrogen and oxygen atoms in total. The Labute approximate surface area is 164 Å². The van der Waals surface area contributed by atoms with Gasteiger partial charge in [0.05, 0.1) is 26.6 Å². The summed E-state index contributed by atoms with van der Waals surface area (Å²) in [6.45, 7) is 0.707. The van der Waals surface area contributed by atoms with Crippen LogP contribution in [0.3, 0.4) is 0 Å². The molecule has 1 saturated heterocycles. The molecule has 1 aromatic heterocycles. The second-order valence-corrected chi connectivity index (χ2v) is 6.76. The van der Waals surface area contributed by atoms with E-state index in [1.54, 1.807) is 23.1 Å². The lowest BCUT2D eigenvalue weighted by atomic mass is 9.97. The van der Waals surface area contributed by atoms with Crippen LogP contribution in [0, 0.1) is 16.0 Å². The van der Waals surface area contributed by atoms with Crippen LogP contribution >= 0.6 is 23.2 Å². The van der Waals surface area contributed by atoms with Crippen molar-refractivity contribution in [2.75, 3.05) is 23.3 Å². The number of aliphatic carboxylic acids is 1. The maximum atomic E-state index is 11.7. The number of nitrogens with zero attached hydrogens (tertiary/aromatic N) is 4. The molecule has 1 aliphatic rings. The van der Waals surface area contributed by atoms with Crippen molar-refractivity contribution >= 4 is 52.2 Å². The maximum Gasteiger partial charge on any atom is 0.353 e. The molecule has 0 amide bonds. The SMILES string of the molecule is O=C(O)C1CCN(c2ncnc(Nc3cccc(Cl)c3Cl)c2[N+](=O)[O-])CC1. The van der Waals surface area contributed by atoms with E-state index < -0.39 is 16.8 Å². The third kappa shape index (κ3) is 4.04. The molecular weight excluding hydrogens is 397 g/mol. The van der Waals surface area contributed by atoms with Crippen LogP contribution in [0.5, 0.6) is 0 Å². The number of rotatable bonds is 5. The first kappa shape index (κ1) is 19.1. The van der Waals surface area contributed by atoms with Gasteiger partial charge in [-0.25, -0.2) is 9.97 Å². The van der Waals surface area contributed by atoms with Crippen LogP contribution in [0.25, 0.3) is 0 Å². The van der Waals surface area contributed by atoms with Gasteiger partial charge in [-0.2, -0.15) is 0 Å². The second-order valence-electron chi connectivity index (χ2n) is 5.98. The standard InChI is InChI=1S/C16H15Cl2N5O4/c17-10-2-1-3-11(12(10)18)21-14-13(23(26)27)15(20-8-19-14)22-6-4-9(5-7-22)16(24)25/h1-3,8-9H,4-7H2,(H,24,25)(H,19,20,21). The number of hydrogen-bond acceptors (Lipinski definition) is 7. The van der Waals surface area contributed by atoms with Gasteiger partial charge in [0.1, 0.15) is 6.33 Å². The Balaban J connectivity index is 1.93. The summed E-state index contributed by atoms with van der Waals surface area (Å²) in [5, 5.41) is 24.2. The summed E-state index contributed by atoms with van der Waals surface area (Å²) in [6.07, 6.45) is 1.99. The highest BCUT2D eigenvalue weighted by Crippen LogP contribution is 2.38. The number of carbonyl (C=O) groups is 1. The summed E-state index contributed by atoms with van der Waals surface area (Å²) in [5.74, 6) is -1.19. The molecule has 27 heavy (non-hydrogen) atoms. The average Bonchev–Trinajstić information content (AvgIpc) is 2.65. The molecule has 2 N–H and O–H groups in total. The number of benzene rings is 1. The van der Waals surface area contributed by atoms with Crippen LogP contribution in [0.2, 0.25) is 10.0 Å². The minimum absolute atomic E-state index is 0.0190. The van der Waals surface area contributed by atoms with E-state index in [9.17, 15) is 14.9 Å². The molecule has 0 atom stereocenters. The highest BCUT2D eigenvalue weighted by molar-refractivity contribution is 6.43. The van der Waals surface area contributed by atoms with Crippen LogP contribution in [0.15, 0.2) is 24.5 Å². The molecule has 0 spiro atoms. The molecule has 2 heterocycles. The zero-order valence-electron chi connectivity index (χ0n) is 13.9. The number of piperidine rings is 1. The van der Waals surface area contributed by atoms with Gasteiger partial charge < -0.3 is 15.3 Å². The van der Waals surface area contributed by atoms with Gasteiger partial charge in [0, 0.05) is 13.1 Å². The van der Waals surface area contributed by atoms with Crippen LogP contribution in [-0.2, 0) is 4.79 Å². The summed E-state index contributed by atoms with van der Waals surface area (Å²) in [4.78, 5) is 32.0. The first-order chi connectivity index (χ1) is 12.9. The van der Waals surface area contributed by atoms with Crippen molar-refractivity contribution in [2.45, 2.75) is 12.8 Å². The molecule has 0 unspecified atom stereocenters. The van der Waals surface area contributed by atoms with Crippen molar-refractivity contribution in [3.63, 3.8) is 0 Å². The summed E-state index contributed by atoms with van der Waals surface area (Å²) in [6, 6.07) is 4.88. The second kappa shape index (κ2) is 7.93. The summed E-state index contributed by atoms with van der Waals surface area (Å²) in [7, 11) is 0. The van der Waals surface area contributed by atoms with Gasteiger partial charge in [0.15, 0.2) is 0 Å². The van der Waals surface area contributed by atoms with Crippen molar-refractivity contribution in [3.8, 4) is 0 Å². The molecule has 0 radical (unpaired) electrons. The molecule has 142 valence electrons. The fourth-order valence-electron chi connectivity index (χ4n) is 2.93. The Kier molecular flexibility index (Phi) is 5.62. The van der Waals surface area contributed by atoms with E-state index in [0.29, 0.717) is 36.6 Å². The molecule has 0 saturated carbocycles. The van der Waals surface area contributed by atoms with E-state index in [4.69, 9.17) is 28.3 Å². The molecule has 11 heteroatoms. The normalized spacial score (nSPS) is 14.8. The monoisotopic (exact) mass is 411 g/mol. The predicted octanol–water partition coefficient (Wildman–Crippen LogP) is 3.74. The van der Waals surface area contributed by atoms with E-state index in [2.05, 4.69) is 15.3 Å². The fourth-order valence-corrected chi connectivity index (χ4v) is 3.27. The topological polar surface area (TPSA) is 121 Å². The lowest BCUT2D eigenvalue weighted by molar-refractivity contribution is -0.383. The Morgan fingerprint density at radius 1 is 1.30 bits per heavy atom. The van der Waals surface area contributed by atoms with Crippen LogP contribution in [-0.4, -0.2) is 39.1 Å². The van der Waals surface area contributed by atoms with E-state index in [-0.39, 0.29) is 22.3 Å². The molecule has 1 aliphatic heterocycles. The first-order valence-corrected chi connectivity index (χ1v) is 8.82. The highest BCUT2D eigenvalue weighted by Gasteiger charge is 2.31. The Hall–Kier alpha value is -2.65. The van der Waals surface area contributed by atoms with Crippen molar-refractivity contribution in [2.24, 2.45) is 5.92 Å². The quantitative estimate of drug-likeness (QED) is 0.563. The lowest BCUT2D eigenvalue weighted by Crippen LogP contribution is -2.37. The number of carboxylic acid groups (broad SMARTS) is 1. The largest absolute Gasteiger partial charge is 0.481 e. The van der Waals surface area contributed by atoms with Gasteiger partial charge in [0.2, 0.25) is 11.6 Å². The molecule has 2 aromatic rings. The number of carboxylic acids is 1. The summed E-state index contributed by atoms with van der Waals surface area (Å²) < 4.78 is 0. The van der Waals surface area contributed by atoms with Crippen LogP contribution in [0.4, 0.5) is 23.0 Å². The van der Waals surface area contributed by atoms with Crippen molar-refractivity contribution < 1.29 is 14.8 Å². The van der Waals surface area contributed by atoms with Gasteiger partial charge in [-0.1, -0.05) is 29.3 Å². The van der Waals surface area contributed by atoms with E-state index in [0.717, 1.165) is 0 Å². The fraction of sp³-hybridized carbons (Fsp3) is 0.312. The lowest BCUT2D eigenvalue weighted by Gasteiger charge is -2.30. The number of halogens is 2. The predicted molar refractivity (Wildman–Crippen MR) is 101 cm³/mol. The molecule has 0 bridgehead atoms.